The van der Waals surface area contributed by atoms with Crippen molar-refractivity contribution in [3.05, 3.63) is 110 Å². The van der Waals surface area contributed by atoms with Crippen molar-refractivity contribution in [1.29, 1.82) is 0 Å². The molecule has 3 saturated carbocycles. The average Bonchev–Trinajstić information content (AvgIpc) is 4.01. The van der Waals surface area contributed by atoms with Gasteiger partial charge in [0.1, 0.15) is 17.2 Å². The molecule has 0 atom stereocenters. The molecule has 0 aliphatic heterocycles. The number of rotatable bonds is 13. The number of aryl methyl sites for hydroxylation is 1. The number of nitrogens with zero attached hydrogens (tertiary/aromatic N) is 5. The van der Waals surface area contributed by atoms with Crippen LogP contribution in [0.2, 0.25) is 0 Å². The van der Waals surface area contributed by atoms with Crippen LogP contribution in [0.3, 0.4) is 0 Å². The standard InChI is InChI=1S/C38H40N8O4/c1-2-18-44-34-32(37(49)46(38(44)50)30-15-16-30)42-33(43-34)27-10-17-31(40-22-27)39-20-23-6-8-24(9-7-23)21-41-35(47)25-4-3-5-26(19-25)36(48)45(28-11-12-28)29-13-14-29/h3-10,17,19,22,28-30H,2,11-16,18,20-21H2,1H3,(H,39,40)(H,41,47)(H,42,43). The number of benzene rings is 2. The molecule has 3 fully saturated rings. The molecule has 8 rings (SSSR count). The Labute approximate surface area is 288 Å². The lowest BCUT2D eigenvalue weighted by molar-refractivity contribution is 0.0730. The predicted molar refractivity (Wildman–Crippen MR) is 190 cm³/mol. The third-order valence-electron chi connectivity index (χ3n) is 9.64. The summed E-state index contributed by atoms with van der Waals surface area (Å²) in [6.45, 7) is 3.40. The van der Waals surface area contributed by atoms with Crippen LogP contribution in [-0.4, -0.2) is 52.9 Å². The first kappa shape index (κ1) is 31.7. The number of hydrogen-bond acceptors (Lipinski definition) is 7. The normalized spacial score (nSPS) is 15.6. The highest BCUT2D eigenvalue weighted by Gasteiger charge is 2.42. The van der Waals surface area contributed by atoms with Gasteiger partial charge in [-0.1, -0.05) is 37.3 Å². The molecule has 3 aliphatic carbocycles. The van der Waals surface area contributed by atoms with E-state index in [1.54, 1.807) is 35.0 Å². The van der Waals surface area contributed by atoms with Crippen LogP contribution in [-0.2, 0) is 19.6 Å². The first-order valence-corrected chi connectivity index (χ1v) is 17.6. The Balaban J connectivity index is 0.869. The predicted octanol–water partition coefficient (Wildman–Crippen LogP) is 5.00. The van der Waals surface area contributed by atoms with Gasteiger partial charge in [-0.05, 0) is 86.4 Å². The zero-order valence-electron chi connectivity index (χ0n) is 28.0. The first-order chi connectivity index (χ1) is 24.4. The van der Waals surface area contributed by atoms with Gasteiger partial charge in [0.15, 0.2) is 5.65 Å². The van der Waals surface area contributed by atoms with Crippen LogP contribution in [0, 0.1) is 0 Å². The molecule has 0 saturated heterocycles. The van der Waals surface area contributed by atoms with Gasteiger partial charge in [-0.25, -0.2) is 14.8 Å². The number of carbonyl (C=O) groups is 2. The summed E-state index contributed by atoms with van der Waals surface area (Å²) in [7, 11) is 0. The summed E-state index contributed by atoms with van der Waals surface area (Å²) in [5.74, 6) is 0.994. The van der Waals surface area contributed by atoms with Crippen molar-refractivity contribution < 1.29 is 9.59 Å². The molecule has 3 aromatic heterocycles. The van der Waals surface area contributed by atoms with Crippen molar-refractivity contribution in [2.75, 3.05) is 5.32 Å². The molecule has 0 spiro atoms. The van der Waals surface area contributed by atoms with E-state index in [1.165, 1.54) is 4.57 Å². The Kier molecular flexibility index (Phi) is 8.29. The van der Waals surface area contributed by atoms with Crippen LogP contribution in [0.15, 0.2) is 76.4 Å². The van der Waals surface area contributed by atoms with Crippen molar-refractivity contribution in [2.24, 2.45) is 0 Å². The van der Waals surface area contributed by atoms with Gasteiger partial charge in [-0.2, -0.15) is 0 Å². The minimum Gasteiger partial charge on any atom is -0.366 e. The van der Waals surface area contributed by atoms with Crippen LogP contribution in [0.25, 0.3) is 22.6 Å². The molecule has 0 radical (unpaired) electrons. The molecule has 12 heteroatoms. The molecule has 5 aromatic rings. The lowest BCUT2D eigenvalue weighted by atomic mass is 10.1. The second kappa shape index (κ2) is 13.1. The highest BCUT2D eigenvalue weighted by Crippen LogP contribution is 2.38. The second-order valence-corrected chi connectivity index (χ2v) is 13.7. The fourth-order valence-electron chi connectivity index (χ4n) is 6.52. The number of anilines is 1. The minimum atomic E-state index is -0.319. The maximum absolute atomic E-state index is 13.2. The number of imidazole rings is 1. The number of aromatic nitrogens is 5. The van der Waals surface area contributed by atoms with Crippen LogP contribution >= 0.6 is 0 Å². The number of amides is 2. The Bertz CT molecular complexity index is 2180. The van der Waals surface area contributed by atoms with Crippen LogP contribution in [0.4, 0.5) is 5.82 Å². The number of pyridine rings is 1. The van der Waals surface area contributed by atoms with Gasteiger partial charge < -0.3 is 20.5 Å². The quantitative estimate of drug-likeness (QED) is 0.160. The summed E-state index contributed by atoms with van der Waals surface area (Å²) in [6, 6.07) is 19.4. The van der Waals surface area contributed by atoms with E-state index in [0.717, 1.165) is 56.1 Å². The summed E-state index contributed by atoms with van der Waals surface area (Å²) in [6.07, 6.45) is 8.41. The fourth-order valence-corrected chi connectivity index (χ4v) is 6.52. The Morgan fingerprint density at radius 2 is 1.60 bits per heavy atom. The topological polar surface area (TPSA) is 147 Å². The summed E-state index contributed by atoms with van der Waals surface area (Å²) in [5.41, 5.74) is 3.89. The molecule has 3 N–H and O–H groups in total. The van der Waals surface area contributed by atoms with Gasteiger partial charge in [-0.15, -0.1) is 0 Å². The van der Waals surface area contributed by atoms with Gasteiger partial charge in [0.05, 0.1) is 0 Å². The van der Waals surface area contributed by atoms with Gasteiger partial charge in [0.2, 0.25) is 0 Å². The van der Waals surface area contributed by atoms with Gasteiger partial charge in [-0.3, -0.25) is 23.5 Å². The first-order valence-electron chi connectivity index (χ1n) is 17.6. The average molecular weight is 673 g/mol. The van der Waals surface area contributed by atoms with Crippen molar-refractivity contribution in [3.63, 3.8) is 0 Å². The monoisotopic (exact) mass is 672 g/mol. The highest BCUT2D eigenvalue weighted by atomic mass is 16.2. The lowest BCUT2D eigenvalue weighted by Gasteiger charge is -2.22. The van der Waals surface area contributed by atoms with E-state index in [0.29, 0.717) is 71.2 Å². The van der Waals surface area contributed by atoms with Gasteiger partial charge >= 0.3 is 5.69 Å². The number of fused-ring (bicyclic) bond motifs is 1. The maximum atomic E-state index is 13.2. The molecule has 3 aliphatic rings. The third-order valence-corrected chi connectivity index (χ3v) is 9.64. The van der Waals surface area contributed by atoms with E-state index >= 15 is 0 Å². The third kappa shape index (κ3) is 6.45. The van der Waals surface area contributed by atoms with Crippen molar-refractivity contribution in [2.45, 2.75) is 89.6 Å². The number of aromatic amines is 1. The highest BCUT2D eigenvalue weighted by molar-refractivity contribution is 6.00. The summed E-state index contributed by atoms with van der Waals surface area (Å²) in [4.78, 5) is 66.8. The van der Waals surface area contributed by atoms with E-state index in [4.69, 9.17) is 0 Å². The largest absolute Gasteiger partial charge is 0.366 e. The van der Waals surface area contributed by atoms with E-state index in [1.807, 2.05) is 48.2 Å². The van der Waals surface area contributed by atoms with Crippen molar-refractivity contribution >= 4 is 28.8 Å². The van der Waals surface area contributed by atoms with E-state index < -0.39 is 0 Å². The molecular formula is C38H40N8O4. The summed E-state index contributed by atoms with van der Waals surface area (Å²) < 4.78 is 2.97. The molecule has 50 heavy (non-hydrogen) atoms. The molecule has 2 aromatic carbocycles. The molecule has 12 nitrogen and oxygen atoms in total. The Hall–Kier alpha value is -5.52. The molecule has 0 bridgehead atoms. The summed E-state index contributed by atoms with van der Waals surface area (Å²) in [5, 5.41) is 6.31. The number of carbonyl (C=O) groups excluding carboxylic acids is 2. The lowest BCUT2D eigenvalue weighted by Crippen LogP contribution is -2.39. The van der Waals surface area contributed by atoms with E-state index in [-0.39, 0.29) is 29.1 Å². The molecule has 0 unspecified atom stereocenters. The van der Waals surface area contributed by atoms with Crippen LogP contribution in [0.1, 0.15) is 89.8 Å². The second-order valence-electron chi connectivity index (χ2n) is 13.7. The number of hydrogen-bond donors (Lipinski definition) is 3. The number of H-pyrrole nitrogens is 1. The smallest absolute Gasteiger partial charge is 0.333 e. The van der Waals surface area contributed by atoms with E-state index in [2.05, 4.69) is 25.6 Å². The zero-order valence-corrected chi connectivity index (χ0v) is 28.0. The van der Waals surface area contributed by atoms with Gasteiger partial charge in [0.25, 0.3) is 17.4 Å². The van der Waals surface area contributed by atoms with Crippen LogP contribution in [0.5, 0.6) is 0 Å². The van der Waals surface area contributed by atoms with Crippen molar-refractivity contribution in [1.82, 2.24) is 34.3 Å². The molecule has 256 valence electrons. The SMILES string of the molecule is CCCn1c(=O)n(C2CC2)c(=O)c2[nH]c(-c3ccc(NCc4ccc(CNC(=O)c5cccc(C(=O)N(C6CC6)C6CC6)c5)cc4)nc3)nc21. The van der Waals surface area contributed by atoms with Crippen LogP contribution < -0.4 is 21.9 Å². The Morgan fingerprint density at radius 1 is 0.900 bits per heavy atom. The number of nitrogens with one attached hydrogen (secondary N) is 3. The fraction of sp³-hybridized carbons (Fsp3) is 0.368. The van der Waals surface area contributed by atoms with E-state index in [9.17, 15) is 19.2 Å². The summed E-state index contributed by atoms with van der Waals surface area (Å²) >= 11 is 0. The molecule has 2 amide bonds. The Morgan fingerprint density at radius 3 is 2.24 bits per heavy atom. The van der Waals surface area contributed by atoms with Gasteiger partial charge in [0, 0.05) is 60.6 Å². The molecular weight excluding hydrogens is 632 g/mol. The zero-order chi connectivity index (χ0) is 34.4. The van der Waals surface area contributed by atoms with Crippen molar-refractivity contribution in [3.8, 4) is 11.4 Å². The minimum absolute atomic E-state index is 0.0277. The molecule has 3 heterocycles. The maximum Gasteiger partial charge on any atom is 0.333 e.